The number of carbonyl (C=O) groups excluding carboxylic acids is 1. The van der Waals surface area contributed by atoms with E-state index in [9.17, 15) is 4.79 Å². The maximum Gasteiger partial charge on any atom is 0.320 e. The molecule has 0 radical (unpaired) electrons. The third-order valence-corrected chi connectivity index (χ3v) is 7.35. The van der Waals surface area contributed by atoms with Gasteiger partial charge in [0.25, 0.3) is 0 Å². The predicted octanol–water partition coefficient (Wildman–Crippen LogP) is 5.22. The maximum atomic E-state index is 13.1. The molecule has 1 unspecified atom stereocenters. The van der Waals surface area contributed by atoms with Crippen LogP contribution in [0.5, 0.6) is 5.75 Å². The zero-order valence-electron chi connectivity index (χ0n) is 21.3. The minimum atomic E-state index is 0.219. The average Bonchev–Trinajstić information content (AvgIpc) is 2.78. The van der Waals surface area contributed by atoms with Crippen molar-refractivity contribution < 1.29 is 9.53 Å². The normalized spacial score (nSPS) is 19.5. The minimum absolute atomic E-state index is 0.219. The first-order valence-electron chi connectivity index (χ1n) is 12.8. The van der Waals surface area contributed by atoms with Gasteiger partial charge in [0.05, 0.1) is 7.11 Å². The number of carbonyl (C=O) groups is 1. The summed E-state index contributed by atoms with van der Waals surface area (Å²) in [5.74, 6) is 1.66. The summed E-state index contributed by atoms with van der Waals surface area (Å²) >= 11 is 0. The second kappa shape index (κ2) is 11.4. The molecule has 0 saturated carbocycles. The monoisotopic (exact) mass is 443 g/mol. The number of urea groups is 1. The van der Waals surface area contributed by atoms with Gasteiger partial charge in [-0.15, -0.1) is 0 Å². The lowest BCUT2D eigenvalue weighted by atomic mass is 9.86. The van der Waals surface area contributed by atoms with Crippen LogP contribution in [0.2, 0.25) is 0 Å². The molecule has 5 heteroatoms. The molecule has 1 aromatic rings. The largest absolute Gasteiger partial charge is 0.497 e. The van der Waals surface area contributed by atoms with Crippen molar-refractivity contribution in [1.82, 2.24) is 14.7 Å². The molecule has 5 nitrogen and oxygen atoms in total. The second-order valence-corrected chi connectivity index (χ2v) is 10.3. The molecule has 2 aliphatic rings. The fourth-order valence-electron chi connectivity index (χ4n) is 5.70. The number of rotatable bonds is 8. The van der Waals surface area contributed by atoms with Crippen LogP contribution < -0.4 is 4.74 Å². The van der Waals surface area contributed by atoms with Crippen molar-refractivity contribution in [3.05, 3.63) is 29.3 Å². The van der Waals surface area contributed by atoms with Crippen molar-refractivity contribution in [3.8, 4) is 5.75 Å². The molecule has 1 saturated heterocycles. The number of hydrogen-bond donors (Lipinski definition) is 0. The first-order valence-corrected chi connectivity index (χ1v) is 12.8. The number of aryl methyl sites for hydroxylation is 1. The van der Waals surface area contributed by atoms with Crippen LogP contribution in [0.25, 0.3) is 0 Å². The number of methoxy groups -OCH3 is 1. The summed E-state index contributed by atoms with van der Waals surface area (Å²) in [5.41, 5.74) is 2.95. The van der Waals surface area contributed by atoms with E-state index in [1.165, 1.54) is 24.0 Å². The number of nitrogens with zero attached hydrogens (tertiary/aromatic N) is 3. The van der Waals surface area contributed by atoms with Gasteiger partial charge >= 0.3 is 6.03 Å². The van der Waals surface area contributed by atoms with E-state index in [-0.39, 0.29) is 18.1 Å². The molecule has 180 valence electrons. The third-order valence-electron chi connectivity index (χ3n) is 7.35. The molecule has 1 aliphatic carbocycles. The van der Waals surface area contributed by atoms with Crippen molar-refractivity contribution in [3.63, 3.8) is 0 Å². The lowest BCUT2D eigenvalue weighted by Crippen LogP contribution is -2.52. The van der Waals surface area contributed by atoms with E-state index in [2.05, 4.69) is 62.6 Å². The standard InChI is InChI=1S/C27H45N3O2/c1-7-14-29(25-10-8-23-9-11-26(32-6)18-24(23)17-25)19-22-12-15-28(16-13-22)27(31)30(20(2)3)21(4)5/h9,11,18,20-22,25H,7-8,10,12-17,19H2,1-6H3. The summed E-state index contributed by atoms with van der Waals surface area (Å²) in [6.45, 7) is 14.9. The number of hydrogen-bond acceptors (Lipinski definition) is 3. The van der Waals surface area contributed by atoms with Crippen LogP contribution >= 0.6 is 0 Å². The van der Waals surface area contributed by atoms with Crippen LogP contribution in [0.1, 0.15) is 71.4 Å². The molecular weight excluding hydrogens is 398 g/mol. The second-order valence-electron chi connectivity index (χ2n) is 10.3. The Morgan fingerprint density at radius 2 is 1.78 bits per heavy atom. The molecule has 2 amide bonds. The van der Waals surface area contributed by atoms with Crippen LogP contribution in [0, 0.1) is 5.92 Å². The highest BCUT2D eigenvalue weighted by molar-refractivity contribution is 5.75. The molecule has 1 aromatic carbocycles. The first kappa shape index (κ1) is 24.9. The van der Waals surface area contributed by atoms with Gasteiger partial charge in [-0.3, -0.25) is 4.90 Å². The molecule has 0 aromatic heterocycles. The zero-order chi connectivity index (χ0) is 23.3. The summed E-state index contributed by atoms with van der Waals surface area (Å²) in [5, 5.41) is 0. The van der Waals surface area contributed by atoms with Gasteiger partial charge < -0.3 is 14.5 Å². The topological polar surface area (TPSA) is 36.0 Å². The molecular formula is C27H45N3O2. The van der Waals surface area contributed by atoms with Gasteiger partial charge in [0.2, 0.25) is 0 Å². The lowest BCUT2D eigenvalue weighted by molar-refractivity contribution is 0.0913. The van der Waals surface area contributed by atoms with Gasteiger partial charge in [-0.05, 0) is 102 Å². The summed E-state index contributed by atoms with van der Waals surface area (Å²) in [7, 11) is 1.75. The van der Waals surface area contributed by atoms with Crippen LogP contribution in [0.4, 0.5) is 4.79 Å². The van der Waals surface area contributed by atoms with Crippen LogP contribution in [0.3, 0.4) is 0 Å². The minimum Gasteiger partial charge on any atom is -0.497 e. The molecule has 3 rings (SSSR count). The van der Waals surface area contributed by atoms with Crippen molar-refractivity contribution in [2.24, 2.45) is 5.92 Å². The number of piperidine rings is 1. The quantitative estimate of drug-likeness (QED) is 0.553. The number of fused-ring (bicyclic) bond motifs is 1. The van der Waals surface area contributed by atoms with Crippen LogP contribution in [-0.2, 0) is 12.8 Å². The van der Waals surface area contributed by atoms with Gasteiger partial charge in [0.1, 0.15) is 5.75 Å². The van der Waals surface area contributed by atoms with E-state index in [1.54, 1.807) is 7.11 Å². The summed E-state index contributed by atoms with van der Waals surface area (Å²) < 4.78 is 5.47. The summed E-state index contributed by atoms with van der Waals surface area (Å²) in [6.07, 6.45) is 6.96. The molecule has 1 aliphatic heterocycles. The highest BCUT2D eigenvalue weighted by atomic mass is 16.5. The molecule has 1 heterocycles. The number of likely N-dealkylation sites (tertiary alicyclic amines) is 1. The molecule has 32 heavy (non-hydrogen) atoms. The zero-order valence-corrected chi connectivity index (χ0v) is 21.3. The Hall–Kier alpha value is -1.75. The molecule has 0 N–H and O–H groups in total. The van der Waals surface area contributed by atoms with E-state index in [1.807, 2.05) is 4.90 Å². The predicted molar refractivity (Wildman–Crippen MR) is 132 cm³/mol. The maximum absolute atomic E-state index is 13.1. The Labute approximate surface area is 196 Å². The van der Waals surface area contributed by atoms with Crippen LogP contribution in [-0.4, -0.2) is 72.1 Å². The van der Waals surface area contributed by atoms with Crippen molar-refractivity contribution >= 4 is 6.03 Å². The van der Waals surface area contributed by atoms with Gasteiger partial charge in [0.15, 0.2) is 0 Å². The summed E-state index contributed by atoms with van der Waals surface area (Å²) in [4.78, 5) is 19.9. The lowest BCUT2D eigenvalue weighted by Gasteiger charge is -2.41. The van der Waals surface area contributed by atoms with Gasteiger partial charge in [0, 0.05) is 37.8 Å². The smallest absolute Gasteiger partial charge is 0.320 e. The molecule has 1 atom stereocenters. The highest BCUT2D eigenvalue weighted by Crippen LogP contribution is 2.30. The highest BCUT2D eigenvalue weighted by Gasteiger charge is 2.31. The number of amides is 2. The van der Waals surface area contributed by atoms with Crippen molar-refractivity contribution in [2.75, 3.05) is 33.3 Å². The molecule has 0 bridgehead atoms. The number of ether oxygens (including phenoxy) is 1. The fraction of sp³-hybridized carbons (Fsp3) is 0.741. The average molecular weight is 444 g/mol. The fourth-order valence-corrected chi connectivity index (χ4v) is 5.70. The molecule has 0 spiro atoms. The SMILES string of the molecule is CCCN(CC1CCN(C(=O)N(C(C)C)C(C)C)CC1)C1CCc2ccc(OC)cc2C1. The summed E-state index contributed by atoms with van der Waals surface area (Å²) in [6, 6.07) is 7.91. The van der Waals surface area contributed by atoms with Gasteiger partial charge in [-0.25, -0.2) is 4.79 Å². The van der Waals surface area contributed by atoms with Crippen LogP contribution in [0.15, 0.2) is 18.2 Å². The van der Waals surface area contributed by atoms with E-state index < -0.39 is 0 Å². The van der Waals surface area contributed by atoms with Gasteiger partial charge in [-0.1, -0.05) is 13.0 Å². The Morgan fingerprint density at radius 1 is 1.09 bits per heavy atom. The van der Waals surface area contributed by atoms with E-state index in [4.69, 9.17) is 4.74 Å². The van der Waals surface area contributed by atoms with Crippen molar-refractivity contribution in [1.29, 1.82) is 0 Å². The third kappa shape index (κ3) is 5.98. The Morgan fingerprint density at radius 3 is 2.38 bits per heavy atom. The Kier molecular flexibility index (Phi) is 8.87. The van der Waals surface area contributed by atoms with E-state index >= 15 is 0 Å². The molecule has 1 fully saturated rings. The van der Waals surface area contributed by atoms with E-state index in [0.717, 1.165) is 57.6 Å². The van der Waals surface area contributed by atoms with Crippen molar-refractivity contribution in [2.45, 2.75) is 91.3 Å². The number of benzene rings is 1. The van der Waals surface area contributed by atoms with Gasteiger partial charge in [-0.2, -0.15) is 0 Å². The first-order chi connectivity index (χ1) is 15.3. The van der Waals surface area contributed by atoms with E-state index in [0.29, 0.717) is 12.0 Å². The Bertz CT molecular complexity index is 732. The Balaban J connectivity index is 1.58.